The molecule has 3 rings (SSSR count). The first kappa shape index (κ1) is 16.8. The molecule has 0 bridgehead atoms. The van der Waals surface area contributed by atoms with Crippen LogP contribution in [0.2, 0.25) is 5.02 Å². The van der Waals surface area contributed by atoms with Gasteiger partial charge in [0.15, 0.2) is 0 Å². The molecular weight excluding hydrogens is 327 g/mol. The fourth-order valence-electron chi connectivity index (χ4n) is 3.09. The highest BCUT2D eigenvalue weighted by atomic mass is 35.5. The zero-order chi connectivity index (χ0) is 16.9. The lowest BCUT2D eigenvalue weighted by Crippen LogP contribution is -2.37. The van der Waals surface area contributed by atoms with Crippen LogP contribution in [0.25, 0.3) is 0 Å². The van der Waals surface area contributed by atoms with Crippen LogP contribution >= 0.6 is 11.6 Å². The third-order valence-electron chi connectivity index (χ3n) is 4.42. The van der Waals surface area contributed by atoms with Crippen LogP contribution in [-0.4, -0.2) is 24.0 Å². The van der Waals surface area contributed by atoms with Crippen LogP contribution in [0.15, 0.2) is 48.5 Å². The lowest BCUT2D eigenvalue weighted by molar-refractivity contribution is 0.211. The largest absolute Gasteiger partial charge is 0.324 e. The minimum atomic E-state index is -0.235. The molecule has 3 nitrogen and oxygen atoms in total. The van der Waals surface area contributed by atoms with Crippen molar-refractivity contribution in [2.45, 2.75) is 25.2 Å². The van der Waals surface area contributed by atoms with Crippen molar-refractivity contribution in [1.29, 1.82) is 0 Å². The first-order valence-corrected chi connectivity index (χ1v) is 8.57. The molecule has 1 unspecified atom stereocenters. The van der Waals surface area contributed by atoms with E-state index in [1.54, 1.807) is 12.1 Å². The lowest BCUT2D eigenvalue weighted by atomic mass is 9.94. The number of nitrogens with zero attached hydrogens (tertiary/aromatic N) is 1. The number of amides is 2. The zero-order valence-corrected chi connectivity index (χ0v) is 14.1. The smallest absolute Gasteiger partial charge is 0.321 e. The summed E-state index contributed by atoms with van der Waals surface area (Å²) in [5, 5.41) is 3.41. The van der Waals surface area contributed by atoms with Gasteiger partial charge in [-0.25, -0.2) is 9.18 Å². The van der Waals surface area contributed by atoms with E-state index in [-0.39, 0.29) is 17.8 Å². The summed E-state index contributed by atoms with van der Waals surface area (Å²) in [5.74, 6) is -0.00853. The molecule has 2 amide bonds. The van der Waals surface area contributed by atoms with Gasteiger partial charge in [-0.15, -0.1) is 0 Å². The van der Waals surface area contributed by atoms with Gasteiger partial charge in [-0.2, -0.15) is 0 Å². The Labute approximate surface area is 146 Å². The molecule has 1 fully saturated rings. The summed E-state index contributed by atoms with van der Waals surface area (Å²) in [7, 11) is 0. The Balaban J connectivity index is 1.71. The summed E-state index contributed by atoms with van der Waals surface area (Å²) in [5.41, 5.74) is 1.69. The number of hydrogen-bond acceptors (Lipinski definition) is 1. The third-order valence-corrected chi connectivity index (χ3v) is 4.75. The molecular formula is C19H20ClFN2O. The number of likely N-dealkylation sites (tertiary alicyclic amines) is 1. The molecule has 1 aliphatic rings. The summed E-state index contributed by atoms with van der Waals surface area (Å²) in [6.07, 6.45) is 3.02. The van der Waals surface area contributed by atoms with E-state index in [0.29, 0.717) is 23.8 Å². The monoisotopic (exact) mass is 346 g/mol. The van der Waals surface area contributed by atoms with Crippen LogP contribution in [0, 0.1) is 5.82 Å². The number of rotatable bonds is 2. The van der Waals surface area contributed by atoms with E-state index in [9.17, 15) is 9.18 Å². The van der Waals surface area contributed by atoms with E-state index >= 15 is 0 Å². The molecule has 1 heterocycles. The Morgan fingerprint density at radius 1 is 1.12 bits per heavy atom. The van der Waals surface area contributed by atoms with Gasteiger partial charge in [-0.05, 0) is 42.7 Å². The van der Waals surface area contributed by atoms with Gasteiger partial charge < -0.3 is 10.2 Å². The number of anilines is 1. The Hall–Kier alpha value is -2.07. The van der Waals surface area contributed by atoms with Crippen LogP contribution in [0.4, 0.5) is 14.9 Å². The van der Waals surface area contributed by atoms with Gasteiger partial charge in [-0.3, -0.25) is 0 Å². The second-order valence-electron chi connectivity index (χ2n) is 6.10. The number of hydrogen-bond donors (Lipinski definition) is 1. The summed E-state index contributed by atoms with van der Waals surface area (Å²) in [6, 6.07) is 13.7. The van der Waals surface area contributed by atoms with E-state index < -0.39 is 0 Å². The average Bonchev–Trinajstić information content (AvgIpc) is 2.84. The predicted molar refractivity (Wildman–Crippen MR) is 95.0 cm³/mol. The molecule has 0 spiro atoms. The minimum absolute atomic E-state index is 0.142. The molecule has 1 saturated heterocycles. The minimum Gasteiger partial charge on any atom is -0.324 e. The van der Waals surface area contributed by atoms with Gasteiger partial charge in [0.2, 0.25) is 0 Å². The number of carbonyl (C=O) groups is 1. The molecule has 5 heteroatoms. The molecule has 0 aromatic heterocycles. The topological polar surface area (TPSA) is 32.3 Å². The number of urea groups is 1. The van der Waals surface area contributed by atoms with E-state index in [1.165, 1.54) is 12.1 Å². The Morgan fingerprint density at radius 2 is 1.88 bits per heavy atom. The van der Waals surface area contributed by atoms with E-state index in [4.69, 9.17) is 11.6 Å². The second-order valence-corrected chi connectivity index (χ2v) is 6.51. The van der Waals surface area contributed by atoms with Crippen molar-refractivity contribution in [3.8, 4) is 0 Å². The van der Waals surface area contributed by atoms with E-state index in [1.807, 2.05) is 29.2 Å². The maximum Gasteiger partial charge on any atom is 0.321 e. The molecule has 1 aliphatic heterocycles. The van der Waals surface area contributed by atoms with Crippen molar-refractivity contribution in [3.05, 3.63) is 64.9 Å². The van der Waals surface area contributed by atoms with Crippen molar-refractivity contribution >= 4 is 23.3 Å². The van der Waals surface area contributed by atoms with Gasteiger partial charge in [0, 0.05) is 19.0 Å². The van der Waals surface area contributed by atoms with Gasteiger partial charge in [0.05, 0.1) is 10.7 Å². The average molecular weight is 347 g/mol. The van der Waals surface area contributed by atoms with Crippen molar-refractivity contribution in [2.24, 2.45) is 0 Å². The predicted octanol–water partition coefficient (Wildman–Crippen LogP) is 5.28. The van der Waals surface area contributed by atoms with Gasteiger partial charge in [0.25, 0.3) is 0 Å². The zero-order valence-electron chi connectivity index (χ0n) is 13.3. The molecule has 1 N–H and O–H groups in total. The first-order valence-electron chi connectivity index (χ1n) is 8.19. The van der Waals surface area contributed by atoms with E-state index in [2.05, 4.69) is 5.32 Å². The van der Waals surface area contributed by atoms with Crippen LogP contribution in [0.1, 0.15) is 30.7 Å². The van der Waals surface area contributed by atoms with Crippen LogP contribution in [-0.2, 0) is 0 Å². The number of benzene rings is 2. The normalized spacial score (nSPS) is 18.1. The maximum absolute atomic E-state index is 13.1. The molecule has 1 atom stereocenters. The quantitative estimate of drug-likeness (QED) is 0.788. The van der Waals surface area contributed by atoms with Crippen molar-refractivity contribution in [1.82, 2.24) is 4.90 Å². The highest BCUT2D eigenvalue weighted by Crippen LogP contribution is 2.28. The second kappa shape index (κ2) is 7.67. The Bertz CT molecular complexity index is 705. The van der Waals surface area contributed by atoms with Crippen LogP contribution in [0.3, 0.4) is 0 Å². The fraction of sp³-hybridized carbons (Fsp3) is 0.316. The molecule has 0 aliphatic carbocycles. The van der Waals surface area contributed by atoms with Crippen molar-refractivity contribution < 1.29 is 9.18 Å². The molecule has 0 radical (unpaired) electrons. The van der Waals surface area contributed by atoms with Gasteiger partial charge in [-0.1, -0.05) is 42.3 Å². The standard InChI is InChI=1S/C19H20ClFN2O/c20-17-6-1-2-7-18(17)22-19(24)23-12-4-3-5-15(13-23)14-8-10-16(21)11-9-14/h1-2,6-11,15H,3-5,12-13H2,(H,22,24). The highest BCUT2D eigenvalue weighted by Gasteiger charge is 2.23. The number of nitrogens with one attached hydrogen (secondary N) is 1. The molecule has 2 aromatic rings. The highest BCUT2D eigenvalue weighted by molar-refractivity contribution is 6.33. The number of para-hydroxylation sites is 1. The Morgan fingerprint density at radius 3 is 2.62 bits per heavy atom. The van der Waals surface area contributed by atoms with Gasteiger partial charge >= 0.3 is 6.03 Å². The first-order chi connectivity index (χ1) is 11.6. The Kier molecular flexibility index (Phi) is 5.36. The molecule has 24 heavy (non-hydrogen) atoms. The van der Waals surface area contributed by atoms with Crippen molar-refractivity contribution in [3.63, 3.8) is 0 Å². The lowest BCUT2D eigenvalue weighted by Gasteiger charge is -2.25. The fourth-order valence-corrected chi connectivity index (χ4v) is 3.27. The van der Waals surface area contributed by atoms with Crippen LogP contribution < -0.4 is 5.32 Å². The molecule has 126 valence electrons. The molecule has 2 aromatic carbocycles. The maximum atomic E-state index is 13.1. The van der Waals surface area contributed by atoms with Gasteiger partial charge in [0.1, 0.15) is 5.82 Å². The van der Waals surface area contributed by atoms with Crippen LogP contribution in [0.5, 0.6) is 0 Å². The summed E-state index contributed by atoms with van der Waals surface area (Å²) in [6.45, 7) is 1.34. The summed E-state index contributed by atoms with van der Waals surface area (Å²) < 4.78 is 13.1. The molecule has 0 saturated carbocycles. The SMILES string of the molecule is O=C(Nc1ccccc1Cl)N1CCCCC(c2ccc(F)cc2)C1. The summed E-state index contributed by atoms with van der Waals surface area (Å²) in [4.78, 5) is 14.4. The summed E-state index contributed by atoms with van der Waals surface area (Å²) >= 11 is 6.11. The third kappa shape index (κ3) is 4.06. The number of carbonyl (C=O) groups excluding carboxylic acids is 1. The number of halogens is 2. The van der Waals surface area contributed by atoms with E-state index in [0.717, 1.165) is 24.8 Å². The van der Waals surface area contributed by atoms with Crippen molar-refractivity contribution in [2.75, 3.05) is 18.4 Å².